The molecule has 0 bridgehead atoms. The molecule has 0 unspecified atom stereocenters. The average molecular weight is 183 g/mol. The van der Waals surface area contributed by atoms with Crippen LogP contribution in [0.1, 0.15) is 32.6 Å². The summed E-state index contributed by atoms with van der Waals surface area (Å²) < 4.78 is 5.45. The first-order chi connectivity index (χ1) is 6.27. The standard InChI is InChI=1S/C10H17NO2/c1-7-9(3-2-6-13-7)10(12)11-8-4-5-8/h7-9H,2-6H2,1H3,(H,11,12)/t7-,9-/m0/s1. The van der Waals surface area contributed by atoms with Gasteiger partial charge in [0, 0.05) is 12.6 Å². The lowest BCUT2D eigenvalue weighted by atomic mass is 9.94. The third kappa shape index (κ3) is 2.21. The first-order valence-corrected chi connectivity index (χ1v) is 5.19. The van der Waals surface area contributed by atoms with E-state index in [1.54, 1.807) is 0 Å². The number of carbonyl (C=O) groups is 1. The summed E-state index contributed by atoms with van der Waals surface area (Å²) in [4.78, 5) is 11.7. The van der Waals surface area contributed by atoms with Crippen LogP contribution in [-0.2, 0) is 9.53 Å². The van der Waals surface area contributed by atoms with Crippen LogP contribution in [-0.4, -0.2) is 24.7 Å². The van der Waals surface area contributed by atoms with Gasteiger partial charge in [-0.3, -0.25) is 4.79 Å². The van der Waals surface area contributed by atoms with E-state index in [0.717, 1.165) is 32.3 Å². The molecule has 1 amide bonds. The van der Waals surface area contributed by atoms with Crippen molar-refractivity contribution in [1.29, 1.82) is 0 Å². The summed E-state index contributed by atoms with van der Waals surface area (Å²) in [5.74, 6) is 0.295. The molecule has 0 radical (unpaired) electrons. The minimum Gasteiger partial charge on any atom is -0.378 e. The normalized spacial score (nSPS) is 34.2. The third-order valence-corrected chi connectivity index (χ3v) is 2.87. The number of carbonyl (C=O) groups excluding carboxylic acids is 1. The predicted octanol–water partition coefficient (Wildman–Crippen LogP) is 1.08. The quantitative estimate of drug-likeness (QED) is 0.695. The van der Waals surface area contributed by atoms with Gasteiger partial charge in [-0.15, -0.1) is 0 Å². The molecule has 1 aliphatic heterocycles. The van der Waals surface area contributed by atoms with Gasteiger partial charge >= 0.3 is 0 Å². The highest BCUT2D eigenvalue weighted by Gasteiger charge is 2.32. The largest absolute Gasteiger partial charge is 0.378 e. The van der Waals surface area contributed by atoms with Crippen LogP contribution in [0.5, 0.6) is 0 Å². The molecule has 2 fully saturated rings. The monoisotopic (exact) mass is 183 g/mol. The molecule has 1 saturated carbocycles. The van der Waals surface area contributed by atoms with Crippen LogP contribution in [0.2, 0.25) is 0 Å². The minimum atomic E-state index is 0.0920. The lowest BCUT2D eigenvalue weighted by molar-refractivity contribution is -0.133. The zero-order valence-corrected chi connectivity index (χ0v) is 8.08. The van der Waals surface area contributed by atoms with Gasteiger partial charge < -0.3 is 10.1 Å². The molecule has 1 saturated heterocycles. The Bertz CT molecular complexity index is 201. The van der Waals surface area contributed by atoms with Crippen LogP contribution < -0.4 is 5.32 Å². The van der Waals surface area contributed by atoms with Gasteiger partial charge in [-0.05, 0) is 32.6 Å². The summed E-state index contributed by atoms with van der Waals surface area (Å²) in [5, 5.41) is 3.04. The highest BCUT2D eigenvalue weighted by atomic mass is 16.5. The Hall–Kier alpha value is -0.570. The molecule has 3 nitrogen and oxygen atoms in total. The summed E-state index contributed by atoms with van der Waals surface area (Å²) >= 11 is 0. The fraction of sp³-hybridized carbons (Fsp3) is 0.900. The van der Waals surface area contributed by atoms with Crippen LogP contribution in [0.15, 0.2) is 0 Å². The van der Waals surface area contributed by atoms with Crippen molar-refractivity contribution in [2.45, 2.75) is 44.8 Å². The van der Waals surface area contributed by atoms with E-state index in [9.17, 15) is 4.79 Å². The Balaban J connectivity index is 1.85. The van der Waals surface area contributed by atoms with Crippen LogP contribution in [0, 0.1) is 5.92 Å². The Kier molecular flexibility index (Phi) is 2.54. The average Bonchev–Trinajstić information content (AvgIpc) is 2.89. The fourth-order valence-corrected chi connectivity index (χ4v) is 1.80. The number of ether oxygens (including phenoxy) is 1. The van der Waals surface area contributed by atoms with E-state index in [1.165, 1.54) is 0 Å². The van der Waals surface area contributed by atoms with E-state index in [1.807, 2.05) is 6.92 Å². The van der Waals surface area contributed by atoms with E-state index in [4.69, 9.17) is 4.74 Å². The van der Waals surface area contributed by atoms with E-state index in [-0.39, 0.29) is 17.9 Å². The zero-order chi connectivity index (χ0) is 9.26. The van der Waals surface area contributed by atoms with Crippen LogP contribution in [0.25, 0.3) is 0 Å². The second-order valence-electron chi connectivity index (χ2n) is 4.11. The van der Waals surface area contributed by atoms with Gasteiger partial charge in [-0.25, -0.2) is 0 Å². The van der Waals surface area contributed by atoms with E-state index in [2.05, 4.69) is 5.32 Å². The molecule has 2 rings (SSSR count). The SMILES string of the molecule is C[C@@H]1OCCC[C@@H]1C(=O)NC1CC1. The molecule has 13 heavy (non-hydrogen) atoms. The van der Waals surface area contributed by atoms with E-state index in [0.29, 0.717) is 6.04 Å². The van der Waals surface area contributed by atoms with Gasteiger partial charge in [-0.1, -0.05) is 0 Å². The highest BCUT2D eigenvalue weighted by molar-refractivity contribution is 5.79. The molecule has 1 aliphatic carbocycles. The molecular formula is C10H17NO2. The molecule has 74 valence electrons. The minimum absolute atomic E-state index is 0.0920. The Morgan fingerprint density at radius 3 is 2.77 bits per heavy atom. The second kappa shape index (κ2) is 3.66. The Morgan fingerprint density at radius 2 is 2.15 bits per heavy atom. The number of rotatable bonds is 2. The molecule has 0 aromatic carbocycles. The van der Waals surface area contributed by atoms with Gasteiger partial charge in [0.2, 0.25) is 5.91 Å². The van der Waals surface area contributed by atoms with E-state index < -0.39 is 0 Å². The number of amides is 1. The third-order valence-electron chi connectivity index (χ3n) is 2.87. The first-order valence-electron chi connectivity index (χ1n) is 5.19. The molecule has 2 aliphatic rings. The van der Waals surface area contributed by atoms with Crippen molar-refractivity contribution in [2.24, 2.45) is 5.92 Å². The maximum absolute atomic E-state index is 11.7. The first kappa shape index (κ1) is 9.00. The maximum Gasteiger partial charge on any atom is 0.225 e. The smallest absolute Gasteiger partial charge is 0.225 e. The van der Waals surface area contributed by atoms with Crippen molar-refractivity contribution in [1.82, 2.24) is 5.32 Å². The Labute approximate surface area is 78.8 Å². The lowest BCUT2D eigenvalue weighted by Crippen LogP contribution is -2.41. The molecule has 1 heterocycles. The summed E-state index contributed by atoms with van der Waals surface area (Å²) in [6, 6.07) is 0.474. The molecule has 0 aromatic heterocycles. The van der Waals surface area contributed by atoms with Crippen molar-refractivity contribution < 1.29 is 9.53 Å². The van der Waals surface area contributed by atoms with Crippen molar-refractivity contribution in [2.75, 3.05) is 6.61 Å². The summed E-state index contributed by atoms with van der Waals surface area (Å²) in [5.41, 5.74) is 0. The number of hydrogen-bond acceptors (Lipinski definition) is 2. The van der Waals surface area contributed by atoms with Crippen LogP contribution in [0.3, 0.4) is 0 Å². The van der Waals surface area contributed by atoms with Gasteiger partial charge in [-0.2, -0.15) is 0 Å². The van der Waals surface area contributed by atoms with Crippen molar-refractivity contribution >= 4 is 5.91 Å². The molecule has 3 heteroatoms. The van der Waals surface area contributed by atoms with Crippen molar-refractivity contribution in [3.8, 4) is 0 Å². The van der Waals surface area contributed by atoms with E-state index >= 15 is 0 Å². The predicted molar refractivity (Wildman–Crippen MR) is 49.3 cm³/mol. The molecule has 0 spiro atoms. The summed E-state index contributed by atoms with van der Waals surface area (Å²) in [6.45, 7) is 2.81. The summed E-state index contributed by atoms with van der Waals surface area (Å²) in [7, 11) is 0. The van der Waals surface area contributed by atoms with Gasteiger partial charge in [0.15, 0.2) is 0 Å². The Morgan fingerprint density at radius 1 is 1.38 bits per heavy atom. The molecule has 0 aromatic rings. The van der Waals surface area contributed by atoms with Crippen LogP contribution in [0.4, 0.5) is 0 Å². The van der Waals surface area contributed by atoms with Crippen molar-refractivity contribution in [3.05, 3.63) is 0 Å². The fourth-order valence-electron chi connectivity index (χ4n) is 1.80. The van der Waals surface area contributed by atoms with Crippen LogP contribution >= 0.6 is 0 Å². The number of hydrogen-bond donors (Lipinski definition) is 1. The van der Waals surface area contributed by atoms with Gasteiger partial charge in [0.05, 0.1) is 12.0 Å². The molecule has 2 atom stereocenters. The topological polar surface area (TPSA) is 38.3 Å². The maximum atomic E-state index is 11.7. The summed E-state index contributed by atoms with van der Waals surface area (Å²) in [6.07, 6.45) is 4.43. The zero-order valence-electron chi connectivity index (χ0n) is 8.08. The van der Waals surface area contributed by atoms with Crippen molar-refractivity contribution in [3.63, 3.8) is 0 Å². The highest BCUT2D eigenvalue weighted by Crippen LogP contribution is 2.24. The number of nitrogens with one attached hydrogen (secondary N) is 1. The molecular weight excluding hydrogens is 166 g/mol. The van der Waals surface area contributed by atoms with Gasteiger partial charge in [0.1, 0.15) is 0 Å². The second-order valence-corrected chi connectivity index (χ2v) is 4.11. The lowest BCUT2D eigenvalue weighted by Gasteiger charge is -2.27. The molecule has 1 N–H and O–H groups in total. The van der Waals surface area contributed by atoms with Gasteiger partial charge in [0.25, 0.3) is 0 Å².